The maximum atomic E-state index is 14.0. The van der Waals surface area contributed by atoms with Crippen LogP contribution in [0.4, 0.5) is 0 Å². The standard InChI is InChI=1S/C24H32N2O6/c27-14-5-4-12-26-20-22(29)25(16-8-2-1-3-9-16)13-7-11-24(20)19(21(26)28)18-17(32-24)10-6-15-31-23(18)30/h6-7,10-11,16-20,27H,1-5,8-9,12-15H2/t17-,18+,19+,20?,24+/m1/s1. The molecular weight excluding hydrogens is 412 g/mol. The van der Waals surface area contributed by atoms with Gasteiger partial charge in [-0.15, -0.1) is 0 Å². The Hall–Kier alpha value is -2.19. The Morgan fingerprint density at radius 2 is 1.88 bits per heavy atom. The largest absolute Gasteiger partial charge is 0.461 e. The maximum absolute atomic E-state index is 14.0. The van der Waals surface area contributed by atoms with Crippen LogP contribution in [0.2, 0.25) is 0 Å². The number of cyclic esters (lactones) is 1. The van der Waals surface area contributed by atoms with Crippen molar-refractivity contribution in [3.05, 3.63) is 24.3 Å². The van der Waals surface area contributed by atoms with Gasteiger partial charge < -0.3 is 24.4 Å². The van der Waals surface area contributed by atoms with E-state index in [1.165, 1.54) is 6.42 Å². The Labute approximate surface area is 188 Å². The molecule has 0 aromatic rings. The number of carbonyl (C=O) groups is 3. The van der Waals surface area contributed by atoms with Gasteiger partial charge in [0, 0.05) is 25.7 Å². The summed E-state index contributed by atoms with van der Waals surface area (Å²) in [6.07, 6.45) is 13.3. The predicted octanol–water partition coefficient (Wildman–Crippen LogP) is 1.18. The Balaban J connectivity index is 1.54. The van der Waals surface area contributed by atoms with Crippen LogP contribution < -0.4 is 0 Å². The molecular formula is C24H32N2O6. The summed E-state index contributed by atoms with van der Waals surface area (Å²) in [5.74, 6) is -2.30. The molecule has 0 aromatic carbocycles. The summed E-state index contributed by atoms with van der Waals surface area (Å²) in [7, 11) is 0. The van der Waals surface area contributed by atoms with E-state index in [0.29, 0.717) is 25.9 Å². The summed E-state index contributed by atoms with van der Waals surface area (Å²) in [4.78, 5) is 44.2. The van der Waals surface area contributed by atoms with Crippen LogP contribution in [0, 0.1) is 11.8 Å². The van der Waals surface area contributed by atoms with E-state index in [1.807, 2.05) is 17.1 Å². The van der Waals surface area contributed by atoms with E-state index in [-0.39, 0.29) is 31.1 Å². The number of likely N-dealkylation sites (tertiary alicyclic amines) is 1. The van der Waals surface area contributed by atoms with Crippen LogP contribution >= 0.6 is 0 Å². The molecule has 8 nitrogen and oxygen atoms in total. The number of ether oxygens (including phenoxy) is 2. The minimum Gasteiger partial charge on any atom is -0.461 e. The number of amides is 2. The first-order valence-corrected chi connectivity index (χ1v) is 12.0. The van der Waals surface area contributed by atoms with Gasteiger partial charge in [-0.05, 0) is 31.8 Å². The Bertz CT molecular complexity index is 834. The molecule has 8 heteroatoms. The smallest absolute Gasteiger partial charge is 0.313 e. The maximum Gasteiger partial charge on any atom is 0.313 e. The van der Waals surface area contributed by atoms with Crippen molar-refractivity contribution < 1.29 is 29.0 Å². The van der Waals surface area contributed by atoms with Crippen molar-refractivity contribution in [3.8, 4) is 0 Å². The second-order valence-electron chi connectivity index (χ2n) is 9.55. The summed E-state index contributed by atoms with van der Waals surface area (Å²) < 4.78 is 11.8. The van der Waals surface area contributed by atoms with Crippen LogP contribution in [0.5, 0.6) is 0 Å². The number of fused-ring (bicyclic) bond motifs is 2. The number of esters is 1. The number of aliphatic hydroxyl groups excluding tert-OH is 1. The lowest BCUT2D eigenvalue weighted by atomic mass is 9.78. The van der Waals surface area contributed by atoms with E-state index in [9.17, 15) is 19.5 Å². The first-order valence-electron chi connectivity index (χ1n) is 12.0. The lowest BCUT2D eigenvalue weighted by molar-refractivity contribution is -0.153. The predicted molar refractivity (Wildman–Crippen MR) is 114 cm³/mol. The van der Waals surface area contributed by atoms with Gasteiger partial charge in [-0.1, -0.05) is 37.5 Å². The molecule has 1 saturated carbocycles. The van der Waals surface area contributed by atoms with Crippen LogP contribution in [0.25, 0.3) is 0 Å². The van der Waals surface area contributed by atoms with Crippen molar-refractivity contribution in [2.75, 3.05) is 26.3 Å². The number of unbranched alkanes of at least 4 members (excludes halogenated alkanes) is 1. The molecule has 2 saturated heterocycles. The normalized spacial score (nSPS) is 37.1. The van der Waals surface area contributed by atoms with Gasteiger partial charge in [-0.3, -0.25) is 14.4 Å². The number of nitrogens with zero attached hydrogens (tertiary/aromatic N) is 2. The Morgan fingerprint density at radius 3 is 2.66 bits per heavy atom. The summed E-state index contributed by atoms with van der Waals surface area (Å²) in [5.41, 5.74) is -1.17. The van der Waals surface area contributed by atoms with Crippen molar-refractivity contribution in [2.45, 2.75) is 68.7 Å². The molecule has 4 heterocycles. The zero-order valence-corrected chi connectivity index (χ0v) is 18.4. The summed E-state index contributed by atoms with van der Waals surface area (Å²) in [5, 5.41) is 9.24. The number of hydrogen-bond donors (Lipinski definition) is 1. The van der Waals surface area contributed by atoms with Gasteiger partial charge in [0.1, 0.15) is 24.2 Å². The molecule has 0 aromatic heterocycles. The van der Waals surface area contributed by atoms with Gasteiger partial charge in [0.2, 0.25) is 11.8 Å². The third kappa shape index (κ3) is 3.30. The SMILES string of the molecule is O=C1OCC=C[C@H]2O[C@]34C=CCN(C5CCCCC5)C(=O)C3N(CCCCO)C(=O)[C@@H]4[C@@H]12. The van der Waals surface area contributed by atoms with E-state index in [2.05, 4.69) is 0 Å². The lowest BCUT2D eigenvalue weighted by Crippen LogP contribution is -2.57. The highest BCUT2D eigenvalue weighted by Gasteiger charge is 2.71. The van der Waals surface area contributed by atoms with Crippen LogP contribution in [0.3, 0.4) is 0 Å². The van der Waals surface area contributed by atoms with Crippen molar-refractivity contribution in [1.82, 2.24) is 9.80 Å². The van der Waals surface area contributed by atoms with Crippen LogP contribution in [0.15, 0.2) is 24.3 Å². The van der Waals surface area contributed by atoms with E-state index in [0.717, 1.165) is 25.7 Å². The summed E-state index contributed by atoms with van der Waals surface area (Å²) in [6, 6.07) is -0.631. The molecule has 5 rings (SSSR count). The Morgan fingerprint density at radius 1 is 1.06 bits per heavy atom. The number of aliphatic hydroxyl groups is 1. The van der Waals surface area contributed by atoms with Crippen molar-refractivity contribution in [1.29, 1.82) is 0 Å². The average molecular weight is 445 g/mol. The zero-order chi connectivity index (χ0) is 22.3. The monoisotopic (exact) mass is 444 g/mol. The fraction of sp³-hybridized carbons (Fsp3) is 0.708. The summed E-state index contributed by atoms with van der Waals surface area (Å²) >= 11 is 0. The second kappa shape index (κ2) is 8.63. The first-order chi connectivity index (χ1) is 15.6. The molecule has 3 fully saturated rings. The minimum absolute atomic E-state index is 0.0294. The highest BCUT2D eigenvalue weighted by atomic mass is 16.6. The molecule has 0 radical (unpaired) electrons. The van der Waals surface area contributed by atoms with Crippen molar-refractivity contribution in [3.63, 3.8) is 0 Å². The second-order valence-corrected chi connectivity index (χ2v) is 9.55. The fourth-order valence-electron chi connectivity index (χ4n) is 6.34. The molecule has 1 N–H and O–H groups in total. The molecule has 0 bridgehead atoms. The highest BCUT2D eigenvalue weighted by molar-refractivity contribution is 5.99. The molecule has 5 aliphatic rings. The molecule has 1 spiro atoms. The third-order valence-corrected chi connectivity index (χ3v) is 7.77. The highest BCUT2D eigenvalue weighted by Crippen LogP contribution is 2.53. The van der Waals surface area contributed by atoms with Gasteiger partial charge in [0.25, 0.3) is 0 Å². The van der Waals surface area contributed by atoms with Gasteiger partial charge >= 0.3 is 5.97 Å². The van der Waals surface area contributed by atoms with Crippen LogP contribution in [0.1, 0.15) is 44.9 Å². The number of rotatable bonds is 5. The van der Waals surface area contributed by atoms with Gasteiger partial charge in [-0.25, -0.2) is 0 Å². The number of hydrogen-bond acceptors (Lipinski definition) is 6. The van der Waals surface area contributed by atoms with E-state index in [4.69, 9.17) is 9.47 Å². The fourth-order valence-corrected chi connectivity index (χ4v) is 6.34. The van der Waals surface area contributed by atoms with E-state index in [1.54, 1.807) is 17.1 Å². The van der Waals surface area contributed by atoms with Gasteiger partial charge in [-0.2, -0.15) is 0 Å². The molecule has 32 heavy (non-hydrogen) atoms. The molecule has 2 amide bonds. The molecule has 5 atom stereocenters. The van der Waals surface area contributed by atoms with Crippen LogP contribution in [-0.4, -0.2) is 82.8 Å². The first kappa shape index (κ1) is 21.6. The average Bonchev–Trinajstić information content (AvgIpc) is 3.09. The minimum atomic E-state index is -1.17. The molecule has 1 aliphatic carbocycles. The van der Waals surface area contributed by atoms with Gasteiger partial charge in [0.15, 0.2) is 0 Å². The summed E-state index contributed by atoms with van der Waals surface area (Å²) in [6.45, 7) is 1.04. The van der Waals surface area contributed by atoms with E-state index >= 15 is 0 Å². The van der Waals surface area contributed by atoms with Crippen molar-refractivity contribution >= 4 is 17.8 Å². The van der Waals surface area contributed by atoms with Crippen LogP contribution in [-0.2, 0) is 23.9 Å². The Kier molecular flexibility index (Phi) is 5.84. The molecule has 174 valence electrons. The lowest BCUT2D eigenvalue weighted by Gasteiger charge is -2.39. The quantitative estimate of drug-likeness (QED) is 0.389. The van der Waals surface area contributed by atoms with E-state index < -0.39 is 35.6 Å². The molecule has 4 aliphatic heterocycles. The number of carbonyl (C=O) groups excluding carboxylic acids is 3. The van der Waals surface area contributed by atoms with Crippen molar-refractivity contribution in [2.24, 2.45) is 11.8 Å². The topological polar surface area (TPSA) is 96.4 Å². The molecule has 1 unspecified atom stereocenters. The third-order valence-electron chi connectivity index (χ3n) is 7.77. The van der Waals surface area contributed by atoms with Gasteiger partial charge in [0.05, 0.1) is 12.0 Å². The zero-order valence-electron chi connectivity index (χ0n) is 18.4.